The van der Waals surface area contributed by atoms with Crippen LogP contribution in [0.25, 0.3) is 11.3 Å². The van der Waals surface area contributed by atoms with Crippen LogP contribution in [0.15, 0.2) is 17.5 Å². The van der Waals surface area contributed by atoms with Crippen LogP contribution >= 0.6 is 11.3 Å². The first-order valence-electron chi connectivity index (χ1n) is 8.64. The maximum absolute atomic E-state index is 10.8. The zero-order valence-corrected chi connectivity index (χ0v) is 17.3. The highest BCUT2D eigenvalue weighted by Crippen LogP contribution is 2.42. The molecule has 3 N–H and O–H groups in total. The van der Waals surface area contributed by atoms with E-state index in [2.05, 4.69) is 51.8 Å². The van der Waals surface area contributed by atoms with E-state index in [-0.39, 0.29) is 16.9 Å². The van der Waals surface area contributed by atoms with Gasteiger partial charge in [-0.15, -0.1) is 11.3 Å². The SMILES string of the molecule is CC(NC(=O)O)c1nc(-c2cc(C(C)(C)C)c(O)c(C(C)(C)C)c2)cs1. The van der Waals surface area contributed by atoms with Crippen molar-refractivity contribution in [1.29, 1.82) is 0 Å². The van der Waals surface area contributed by atoms with Crippen molar-refractivity contribution in [1.82, 2.24) is 10.3 Å². The number of aromatic hydroxyl groups is 1. The molecule has 0 fully saturated rings. The summed E-state index contributed by atoms with van der Waals surface area (Å²) in [5.74, 6) is 0.338. The minimum Gasteiger partial charge on any atom is -0.507 e. The largest absolute Gasteiger partial charge is 0.507 e. The van der Waals surface area contributed by atoms with E-state index >= 15 is 0 Å². The average molecular weight is 377 g/mol. The number of nitrogens with zero attached hydrogens (tertiary/aromatic N) is 1. The summed E-state index contributed by atoms with van der Waals surface area (Å²) in [5, 5.41) is 24.8. The molecule has 1 amide bonds. The Morgan fingerprint density at radius 2 is 1.62 bits per heavy atom. The zero-order chi connectivity index (χ0) is 19.9. The fourth-order valence-corrected chi connectivity index (χ4v) is 3.63. The monoisotopic (exact) mass is 376 g/mol. The Hall–Kier alpha value is -2.08. The van der Waals surface area contributed by atoms with Gasteiger partial charge in [-0.05, 0) is 29.9 Å². The molecular formula is C20H28N2O3S. The van der Waals surface area contributed by atoms with Crippen LogP contribution < -0.4 is 5.32 Å². The number of hydrogen-bond donors (Lipinski definition) is 3. The standard InChI is InChI=1S/C20H28N2O3S/c1-11(21-18(24)25)17-22-15(10-26-17)12-8-13(19(2,3)4)16(23)14(9-12)20(5,6)7/h8-11,21,23H,1-7H3,(H,24,25). The molecule has 2 aromatic rings. The van der Waals surface area contributed by atoms with E-state index in [1.54, 1.807) is 6.92 Å². The molecule has 1 unspecified atom stereocenters. The van der Waals surface area contributed by atoms with E-state index in [9.17, 15) is 9.90 Å². The van der Waals surface area contributed by atoms with Gasteiger partial charge >= 0.3 is 6.09 Å². The van der Waals surface area contributed by atoms with Crippen LogP contribution in [-0.2, 0) is 10.8 Å². The summed E-state index contributed by atoms with van der Waals surface area (Å²) in [6.07, 6.45) is -1.07. The Morgan fingerprint density at radius 3 is 2.04 bits per heavy atom. The molecule has 0 radical (unpaired) electrons. The fourth-order valence-electron chi connectivity index (χ4n) is 2.79. The van der Waals surface area contributed by atoms with E-state index in [1.807, 2.05) is 17.5 Å². The van der Waals surface area contributed by atoms with Crippen molar-refractivity contribution in [2.75, 3.05) is 0 Å². The second kappa shape index (κ2) is 6.91. The lowest BCUT2D eigenvalue weighted by atomic mass is 9.78. The average Bonchev–Trinajstić information content (AvgIpc) is 2.94. The molecule has 1 aromatic heterocycles. The number of carboxylic acid groups (broad SMARTS) is 1. The number of benzene rings is 1. The third-order valence-corrected chi connectivity index (χ3v) is 5.28. The summed E-state index contributed by atoms with van der Waals surface area (Å²) in [7, 11) is 0. The first kappa shape index (κ1) is 20.2. The number of carbonyl (C=O) groups is 1. The molecule has 1 heterocycles. The maximum atomic E-state index is 10.8. The van der Waals surface area contributed by atoms with Gasteiger partial charge in [-0.2, -0.15) is 0 Å². The molecule has 2 rings (SSSR count). The molecule has 0 saturated heterocycles. The normalized spacial score (nSPS) is 13.5. The molecule has 1 atom stereocenters. The molecule has 1 aromatic carbocycles. The molecule has 0 spiro atoms. The summed E-state index contributed by atoms with van der Waals surface area (Å²) in [5.41, 5.74) is 3.06. The van der Waals surface area contributed by atoms with Gasteiger partial charge in [0.15, 0.2) is 0 Å². The Morgan fingerprint density at radius 1 is 1.12 bits per heavy atom. The summed E-state index contributed by atoms with van der Waals surface area (Å²) < 4.78 is 0. The van der Waals surface area contributed by atoms with Crippen LogP contribution in [0.3, 0.4) is 0 Å². The number of rotatable bonds is 3. The van der Waals surface area contributed by atoms with Crippen LogP contribution in [0, 0.1) is 0 Å². The molecule has 0 aliphatic heterocycles. The molecule has 5 nitrogen and oxygen atoms in total. The highest BCUT2D eigenvalue weighted by molar-refractivity contribution is 7.10. The molecule has 6 heteroatoms. The van der Waals surface area contributed by atoms with Gasteiger partial charge < -0.3 is 15.5 Å². The van der Waals surface area contributed by atoms with Crippen LogP contribution in [0.4, 0.5) is 4.79 Å². The van der Waals surface area contributed by atoms with Crippen molar-refractivity contribution in [3.05, 3.63) is 33.6 Å². The van der Waals surface area contributed by atoms with Crippen molar-refractivity contribution >= 4 is 17.4 Å². The summed E-state index contributed by atoms with van der Waals surface area (Å²) in [6.45, 7) is 14.2. The van der Waals surface area contributed by atoms with Crippen molar-refractivity contribution in [3.8, 4) is 17.0 Å². The Balaban J connectivity index is 2.57. The van der Waals surface area contributed by atoms with Crippen LogP contribution in [0.5, 0.6) is 5.75 Å². The van der Waals surface area contributed by atoms with Crippen molar-refractivity contribution < 1.29 is 15.0 Å². The van der Waals surface area contributed by atoms with Gasteiger partial charge in [-0.1, -0.05) is 41.5 Å². The maximum Gasteiger partial charge on any atom is 0.405 e. The minimum absolute atomic E-state index is 0.211. The molecule has 0 aliphatic carbocycles. The molecule has 142 valence electrons. The predicted octanol–water partition coefficient (Wildman–Crippen LogP) is 5.44. The summed E-state index contributed by atoms with van der Waals surface area (Å²) in [6, 6.07) is 3.60. The number of nitrogens with one attached hydrogen (secondary N) is 1. The highest BCUT2D eigenvalue weighted by Gasteiger charge is 2.27. The number of aromatic nitrogens is 1. The molecular weight excluding hydrogens is 348 g/mol. The van der Waals surface area contributed by atoms with Gasteiger partial charge in [-0.25, -0.2) is 9.78 Å². The lowest BCUT2D eigenvalue weighted by molar-refractivity contribution is 0.191. The molecule has 0 saturated carbocycles. The Bertz CT molecular complexity index is 778. The van der Waals surface area contributed by atoms with Gasteiger partial charge in [0.2, 0.25) is 0 Å². The van der Waals surface area contributed by atoms with E-state index < -0.39 is 6.09 Å². The zero-order valence-electron chi connectivity index (χ0n) is 16.5. The third kappa shape index (κ3) is 4.36. The van der Waals surface area contributed by atoms with Crippen molar-refractivity contribution in [2.45, 2.75) is 65.3 Å². The number of amides is 1. The van der Waals surface area contributed by atoms with Crippen LogP contribution in [-0.4, -0.2) is 21.3 Å². The minimum atomic E-state index is -1.07. The van der Waals surface area contributed by atoms with E-state index in [4.69, 9.17) is 5.11 Å². The van der Waals surface area contributed by atoms with Gasteiger partial charge in [-0.3, -0.25) is 0 Å². The van der Waals surface area contributed by atoms with E-state index in [0.29, 0.717) is 10.8 Å². The second-order valence-electron chi connectivity index (χ2n) is 8.66. The first-order valence-corrected chi connectivity index (χ1v) is 9.52. The van der Waals surface area contributed by atoms with Gasteiger partial charge in [0.25, 0.3) is 0 Å². The fraction of sp³-hybridized carbons (Fsp3) is 0.500. The van der Waals surface area contributed by atoms with Gasteiger partial charge in [0.05, 0.1) is 11.7 Å². The quantitative estimate of drug-likeness (QED) is 0.666. The number of phenolic OH excluding ortho intramolecular Hbond substituents is 1. The van der Waals surface area contributed by atoms with Crippen molar-refractivity contribution in [3.63, 3.8) is 0 Å². The third-order valence-electron chi connectivity index (χ3n) is 4.25. The van der Waals surface area contributed by atoms with E-state index in [0.717, 1.165) is 22.4 Å². The molecule has 0 bridgehead atoms. The van der Waals surface area contributed by atoms with Gasteiger partial charge in [0, 0.05) is 22.1 Å². The van der Waals surface area contributed by atoms with Crippen molar-refractivity contribution in [2.24, 2.45) is 0 Å². The number of phenols is 1. The number of hydrogen-bond acceptors (Lipinski definition) is 4. The summed E-state index contributed by atoms with van der Waals surface area (Å²) >= 11 is 1.43. The topological polar surface area (TPSA) is 82.5 Å². The smallest absolute Gasteiger partial charge is 0.405 e. The summed E-state index contributed by atoms with van der Waals surface area (Å²) in [4.78, 5) is 15.5. The lowest BCUT2D eigenvalue weighted by Crippen LogP contribution is -2.24. The van der Waals surface area contributed by atoms with Crippen LogP contribution in [0.2, 0.25) is 0 Å². The first-order chi connectivity index (χ1) is 11.8. The van der Waals surface area contributed by atoms with E-state index in [1.165, 1.54) is 11.3 Å². The Kier molecular flexibility index (Phi) is 5.38. The molecule has 26 heavy (non-hydrogen) atoms. The Labute approximate surface area is 159 Å². The highest BCUT2D eigenvalue weighted by atomic mass is 32.1. The van der Waals surface area contributed by atoms with Gasteiger partial charge in [0.1, 0.15) is 10.8 Å². The number of thiazole rings is 1. The predicted molar refractivity (Wildman–Crippen MR) is 106 cm³/mol. The molecule has 0 aliphatic rings. The van der Waals surface area contributed by atoms with Crippen LogP contribution in [0.1, 0.15) is 70.6 Å². The lowest BCUT2D eigenvalue weighted by Gasteiger charge is -2.28. The second-order valence-corrected chi connectivity index (χ2v) is 9.55.